The maximum atomic E-state index is 12.3. The number of hydrogen-bond donors (Lipinski definition) is 1. The van der Waals surface area contributed by atoms with Gasteiger partial charge in [-0.1, -0.05) is 0 Å². The van der Waals surface area contributed by atoms with E-state index in [1.807, 2.05) is 4.57 Å². The number of ether oxygens (including phenoxy) is 2. The Morgan fingerprint density at radius 2 is 2.00 bits per heavy atom. The summed E-state index contributed by atoms with van der Waals surface area (Å²) in [6, 6.07) is 4.92. The van der Waals surface area contributed by atoms with Gasteiger partial charge >= 0.3 is 5.30 Å². The molecule has 2 aliphatic heterocycles. The van der Waals surface area contributed by atoms with E-state index in [2.05, 4.69) is 0 Å². The Kier molecular flexibility index (Phi) is 2.65. The first-order valence-corrected chi connectivity index (χ1v) is 7.95. The Labute approximate surface area is 122 Å². The average molecular weight is 306 g/mol. The molecule has 4 rings (SSSR count). The van der Waals surface area contributed by atoms with Crippen LogP contribution in [-0.4, -0.2) is 27.5 Å². The summed E-state index contributed by atoms with van der Waals surface area (Å²) in [5.41, 5.74) is 0.551. The van der Waals surface area contributed by atoms with E-state index in [9.17, 15) is 14.7 Å². The van der Waals surface area contributed by atoms with E-state index in [0.29, 0.717) is 34.2 Å². The van der Waals surface area contributed by atoms with Gasteiger partial charge in [-0.3, -0.25) is 4.79 Å². The van der Waals surface area contributed by atoms with E-state index in [-0.39, 0.29) is 12.2 Å². The molecule has 1 N–H and O–H groups in total. The lowest BCUT2D eigenvalue weighted by molar-refractivity contribution is 0.174. The van der Waals surface area contributed by atoms with Gasteiger partial charge < -0.3 is 19.1 Å². The summed E-state index contributed by atoms with van der Waals surface area (Å²) >= 11 is 0. The van der Waals surface area contributed by atoms with E-state index in [1.165, 1.54) is 6.07 Å². The highest BCUT2D eigenvalue weighted by Crippen LogP contribution is 2.36. The van der Waals surface area contributed by atoms with Crippen LogP contribution in [0.25, 0.3) is 10.9 Å². The molecule has 21 heavy (non-hydrogen) atoms. The van der Waals surface area contributed by atoms with Crippen LogP contribution in [0, 0.1) is 0 Å². The van der Waals surface area contributed by atoms with Crippen molar-refractivity contribution in [3.8, 4) is 11.5 Å². The SMILES string of the molecule is O=C(O)[S+]1CCCn2c1cc(=O)c1cc3c(cc12)OCO3. The predicted molar refractivity (Wildman–Crippen MR) is 77.5 cm³/mol. The molecule has 0 saturated heterocycles. The molecule has 0 radical (unpaired) electrons. The maximum absolute atomic E-state index is 12.3. The van der Waals surface area contributed by atoms with Gasteiger partial charge in [-0.15, -0.1) is 0 Å². The van der Waals surface area contributed by atoms with Gasteiger partial charge in [-0.25, -0.2) is 0 Å². The van der Waals surface area contributed by atoms with E-state index in [0.717, 1.165) is 11.9 Å². The third-order valence-corrected chi connectivity index (χ3v) is 5.72. The standard InChI is InChI=1S/C14H11NO5S/c16-10-6-13-15(2-1-3-21(13)14(17)18)9-5-12-11(4-8(9)10)19-7-20-12/h4-6H,1-3,7H2/p+1. The minimum atomic E-state index is -0.928. The van der Waals surface area contributed by atoms with Crippen molar-refractivity contribution in [3.63, 3.8) is 0 Å². The van der Waals surface area contributed by atoms with Crippen LogP contribution >= 0.6 is 0 Å². The molecule has 0 bridgehead atoms. The summed E-state index contributed by atoms with van der Waals surface area (Å²) in [6.07, 6.45) is 0.787. The fourth-order valence-corrected chi connectivity index (χ4v) is 4.51. The van der Waals surface area contributed by atoms with Crippen molar-refractivity contribution in [1.82, 2.24) is 4.57 Å². The highest BCUT2D eigenvalue weighted by atomic mass is 32.2. The Morgan fingerprint density at radius 1 is 1.24 bits per heavy atom. The zero-order valence-corrected chi connectivity index (χ0v) is 11.8. The van der Waals surface area contributed by atoms with E-state index < -0.39 is 16.2 Å². The Bertz CT molecular complexity index is 828. The number of aryl methyl sites for hydroxylation is 1. The number of benzene rings is 1. The molecular formula is C14H12NO5S+. The molecular weight excluding hydrogens is 294 g/mol. The number of hydrogen-bond acceptors (Lipinski definition) is 4. The van der Waals surface area contributed by atoms with Crippen molar-refractivity contribution in [2.75, 3.05) is 12.5 Å². The zero-order valence-electron chi connectivity index (χ0n) is 11.0. The van der Waals surface area contributed by atoms with Crippen LogP contribution < -0.4 is 14.9 Å². The second-order valence-electron chi connectivity index (χ2n) is 4.94. The van der Waals surface area contributed by atoms with Gasteiger partial charge in [0, 0.05) is 24.4 Å². The average Bonchev–Trinajstić information content (AvgIpc) is 2.92. The molecule has 1 aromatic heterocycles. The first-order valence-electron chi connectivity index (χ1n) is 6.56. The van der Waals surface area contributed by atoms with Gasteiger partial charge in [0.1, 0.15) is 5.75 Å². The molecule has 0 amide bonds. The summed E-state index contributed by atoms with van der Waals surface area (Å²) in [6.45, 7) is 0.856. The van der Waals surface area contributed by atoms with Crippen LogP contribution in [0.2, 0.25) is 0 Å². The van der Waals surface area contributed by atoms with Gasteiger partial charge in [-0.2, -0.15) is 4.79 Å². The minimum absolute atomic E-state index is 0.145. The van der Waals surface area contributed by atoms with E-state index >= 15 is 0 Å². The number of nitrogens with zero attached hydrogens (tertiary/aromatic N) is 1. The smallest absolute Gasteiger partial charge is 0.454 e. The summed E-state index contributed by atoms with van der Waals surface area (Å²) in [5.74, 6) is 1.75. The lowest BCUT2D eigenvalue weighted by Crippen LogP contribution is -2.30. The molecule has 0 fully saturated rings. The van der Waals surface area contributed by atoms with Crippen LogP contribution in [0.3, 0.4) is 0 Å². The number of aromatic nitrogens is 1. The number of pyridine rings is 1. The predicted octanol–water partition coefficient (Wildman–Crippen LogP) is 1.79. The molecule has 1 aromatic carbocycles. The fourth-order valence-electron chi connectivity index (χ4n) is 2.82. The Morgan fingerprint density at radius 3 is 2.76 bits per heavy atom. The molecule has 0 saturated carbocycles. The summed E-state index contributed by atoms with van der Waals surface area (Å²) in [4.78, 5) is 23.7. The quantitative estimate of drug-likeness (QED) is 0.751. The molecule has 0 spiro atoms. The van der Waals surface area contributed by atoms with Crippen LogP contribution in [0.4, 0.5) is 4.79 Å². The summed E-state index contributed by atoms with van der Waals surface area (Å²) in [5, 5.41) is 9.64. The van der Waals surface area contributed by atoms with Crippen molar-refractivity contribution in [3.05, 3.63) is 28.4 Å². The van der Waals surface area contributed by atoms with Crippen LogP contribution in [0.15, 0.2) is 28.0 Å². The van der Waals surface area contributed by atoms with Crippen molar-refractivity contribution < 1.29 is 19.4 Å². The van der Waals surface area contributed by atoms with Crippen molar-refractivity contribution >= 4 is 27.1 Å². The molecule has 6 nitrogen and oxygen atoms in total. The van der Waals surface area contributed by atoms with Gasteiger partial charge in [-0.05, 0) is 6.07 Å². The topological polar surface area (TPSA) is 77.8 Å². The maximum Gasteiger partial charge on any atom is 0.530 e. The largest absolute Gasteiger partial charge is 0.530 e. The third kappa shape index (κ3) is 1.80. The summed E-state index contributed by atoms with van der Waals surface area (Å²) in [7, 11) is -0.928. The number of carboxylic acid groups (broad SMARTS) is 1. The van der Waals surface area contributed by atoms with E-state index in [1.54, 1.807) is 12.1 Å². The molecule has 108 valence electrons. The molecule has 3 heterocycles. The molecule has 2 aliphatic rings. The normalized spacial score (nSPS) is 19.5. The molecule has 1 atom stereocenters. The highest BCUT2D eigenvalue weighted by molar-refractivity contribution is 8.10. The van der Waals surface area contributed by atoms with Crippen molar-refractivity contribution in [2.24, 2.45) is 0 Å². The van der Waals surface area contributed by atoms with Crippen LogP contribution in [-0.2, 0) is 17.4 Å². The lowest BCUT2D eigenvalue weighted by atomic mass is 10.2. The molecule has 7 heteroatoms. The van der Waals surface area contributed by atoms with Crippen LogP contribution in [0.5, 0.6) is 11.5 Å². The van der Waals surface area contributed by atoms with Gasteiger partial charge in [0.25, 0.3) is 0 Å². The first-order chi connectivity index (χ1) is 10.1. The minimum Gasteiger partial charge on any atom is -0.454 e. The van der Waals surface area contributed by atoms with Crippen molar-refractivity contribution in [1.29, 1.82) is 0 Å². The zero-order chi connectivity index (χ0) is 14.6. The van der Waals surface area contributed by atoms with Gasteiger partial charge in [0.15, 0.2) is 27.8 Å². The van der Waals surface area contributed by atoms with Gasteiger partial charge in [0.2, 0.25) is 11.8 Å². The van der Waals surface area contributed by atoms with Crippen molar-refractivity contribution in [2.45, 2.75) is 18.0 Å². The molecule has 0 aliphatic carbocycles. The van der Waals surface area contributed by atoms with Crippen LogP contribution in [0.1, 0.15) is 6.42 Å². The second kappa shape index (κ2) is 4.42. The number of fused-ring (bicyclic) bond motifs is 4. The fraction of sp³-hybridized carbons (Fsp3) is 0.286. The van der Waals surface area contributed by atoms with E-state index in [4.69, 9.17) is 9.47 Å². The highest BCUT2D eigenvalue weighted by Gasteiger charge is 2.38. The lowest BCUT2D eigenvalue weighted by Gasteiger charge is -2.18. The Balaban J connectivity index is 2.05. The number of rotatable bonds is 0. The number of carbonyl (C=O) groups is 1. The molecule has 1 unspecified atom stereocenters. The molecule has 2 aromatic rings. The second-order valence-corrected chi connectivity index (χ2v) is 6.89. The third-order valence-electron chi connectivity index (χ3n) is 3.76. The summed E-state index contributed by atoms with van der Waals surface area (Å²) < 4.78 is 12.6. The first kappa shape index (κ1) is 12.6. The monoisotopic (exact) mass is 306 g/mol. The van der Waals surface area contributed by atoms with Gasteiger partial charge in [0.05, 0.1) is 11.6 Å². The Hall–Kier alpha value is -2.15.